The van der Waals surface area contributed by atoms with E-state index in [0.29, 0.717) is 11.5 Å². The van der Waals surface area contributed by atoms with Crippen LogP contribution in [0.4, 0.5) is 0 Å². The topological polar surface area (TPSA) is 38.5 Å². The summed E-state index contributed by atoms with van der Waals surface area (Å²) in [5.74, 6) is 0. The number of nitrogens with zero attached hydrogens (tertiary/aromatic N) is 1. The molecule has 2 aliphatic rings. The van der Waals surface area contributed by atoms with Gasteiger partial charge in [0.2, 0.25) is 0 Å². The fourth-order valence-corrected chi connectivity index (χ4v) is 3.30. The lowest BCUT2D eigenvalue weighted by Crippen LogP contribution is -2.48. The quantitative estimate of drug-likeness (QED) is 0.820. The van der Waals surface area contributed by atoms with E-state index in [1.807, 2.05) is 7.11 Å². The molecule has 17 heavy (non-hydrogen) atoms. The van der Waals surface area contributed by atoms with E-state index in [4.69, 9.17) is 10.5 Å². The predicted octanol–water partition coefficient (Wildman–Crippen LogP) is 2.00. The highest BCUT2D eigenvalue weighted by molar-refractivity contribution is 4.88. The first-order valence-electron chi connectivity index (χ1n) is 7.14. The van der Waals surface area contributed by atoms with E-state index in [-0.39, 0.29) is 0 Å². The summed E-state index contributed by atoms with van der Waals surface area (Å²) in [5, 5.41) is 0. The fraction of sp³-hybridized carbons (Fsp3) is 1.00. The molecule has 2 fully saturated rings. The molecule has 1 saturated carbocycles. The Morgan fingerprint density at radius 2 is 2.00 bits per heavy atom. The molecule has 0 aromatic carbocycles. The Labute approximate surface area is 106 Å². The third-order valence-corrected chi connectivity index (χ3v) is 4.95. The molecule has 100 valence electrons. The number of rotatable bonds is 3. The van der Waals surface area contributed by atoms with Gasteiger partial charge in [0.1, 0.15) is 0 Å². The van der Waals surface area contributed by atoms with Crippen LogP contribution < -0.4 is 5.73 Å². The molecule has 0 amide bonds. The molecule has 0 spiro atoms. The van der Waals surface area contributed by atoms with Crippen LogP contribution in [-0.2, 0) is 4.74 Å². The van der Waals surface area contributed by atoms with Crippen molar-refractivity contribution in [3.63, 3.8) is 0 Å². The van der Waals surface area contributed by atoms with Gasteiger partial charge in [-0.2, -0.15) is 0 Å². The standard InChI is InChI=1S/C14H28N2O/c1-14(11-15)6-8-16(9-7-14)12-4-3-5-13(10-12)17-2/h12-13H,3-11,15H2,1-2H3. The number of hydrogen-bond donors (Lipinski definition) is 1. The molecule has 2 unspecified atom stereocenters. The van der Waals surface area contributed by atoms with Crippen molar-refractivity contribution in [1.82, 2.24) is 4.90 Å². The van der Waals surface area contributed by atoms with Gasteiger partial charge in [-0.3, -0.25) is 0 Å². The SMILES string of the molecule is COC1CCCC(N2CCC(C)(CN)CC2)C1. The molecule has 2 atom stereocenters. The zero-order valence-corrected chi connectivity index (χ0v) is 11.5. The maximum atomic E-state index is 5.87. The molecule has 0 aromatic heterocycles. The van der Waals surface area contributed by atoms with Crippen LogP contribution in [0.5, 0.6) is 0 Å². The normalized spacial score (nSPS) is 34.8. The summed E-state index contributed by atoms with van der Waals surface area (Å²) in [4.78, 5) is 2.68. The molecular formula is C14H28N2O. The maximum absolute atomic E-state index is 5.87. The van der Waals surface area contributed by atoms with E-state index in [2.05, 4.69) is 11.8 Å². The largest absolute Gasteiger partial charge is 0.381 e. The summed E-state index contributed by atoms with van der Waals surface area (Å²) >= 11 is 0. The van der Waals surface area contributed by atoms with Crippen molar-refractivity contribution in [2.45, 2.75) is 57.6 Å². The van der Waals surface area contributed by atoms with E-state index in [1.165, 1.54) is 51.6 Å². The first-order valence-corrected chi connectivity index (χ1v) is 7.14. The molecule has 1 heterocycles. The monoisotopic (exact) mass is 240 g/mol. The summed E-state index contributed by atoms with van der Waals surface area (Å²) in [6, 6.07) is 0.760. The number of methoxy groups -OCH3 is 1. The number of piperidine rings is 1. The third-order valence-electron chi connectivity index (χ3n) is 4.95. The van der Waals surface area contributed by atoms with Gasteiger partial charge < -0.3 is 15.4 Å². The van der Waals surface area contributed by atoms with E-state index in [9.17, 15) is 0 Å². The van der Waals surface area contributed by atoms with Crippen LogP contribution in [0.15, 0.2) is 0 Å². The second-order valence-electron chi connectivity index (χ2n) is 6.23. The van der Waals surface area contributed by atoms with Crippen molar-refractivity contribution in [2.75, 3.05) is 26.7 Å². The van der Waals surface area contributed by atoms with Gasteiger partial charge in [0.15, 0.2) is 0 Å². The van der Waals surface area contributed by atoms with Crippen LogP contribution in [0.2, 0.25) is 0 Å². The molecule has 1 aliphatic heterocycles. The average molecular weight is 240 g/mol. The number of nitrogens with two attached hydrogens (primary N) is 1. The lowest BCUT2D eigenvalue weighted by Gasteiger charge is -2.44. The van der Waals surface area contributed by atoms with Gasteiger partial charge in [-0.05, 0) is 63.6 Å². The molecule has 0 bridgehead atoms. The highest BCUT2D eigenvalue weighted by atomic mass is 16.5. The van der Waals surface area contributed by atoms with E-state index in [1.54, 1.807) is 0 Å². The highest BCUT2D eigenvalue weighted by Gasteiger charge is 2.33. The van der Waals surface area contributed by atoms with Crippen LogP contribution in [0.1, 0.15) is 45.4 Å². The minimum atomic E-state index is 0.395. The second-order valence-corrected chi connectivity index (χ2v) is 6.23. The van der Waals surface area contributed by atoms with Crippen LogP contribution in [0.3, 0.4) is 0 Å². The van der Waals surface area contributed by atoms with Crippen molar-refractivity contribution in [3.05, 3.63) is 0 Å². The number of likely N-dealkylation sites (tertiary alicyclic amines) is 1. The van der Waals surface area contributed by atoms with Crippen LogP contribution in [0, 0.1) is 5.41 Å². The fourth-order valence-electron chi connectivity index (χ4n) is 3.30. The van der Waals surface area contributed by atoms with Crippen molar-refractivity contribution >= 4 is 0 Å². The number of ether oxygens (including phenoxy) is 1. The molecular weight excluding hydrogens is 212 g/mol. The Morgan fingerprint density at radius 1 is 1.29 bits per heavy atom. The lowest BCUT2D eigenvalue weighted by molar-refractivity contribution is 0.00867. The van der Waals surface area contributed by atoms with E-state index >= 15 is 0 Å². The van der Waals surface area contributed by atoms with Gasteiger partial charge in [0.05, 0.1) is 6.10 Å². The number of hydrogen-bond acceptors (Lipinski definition) is 3. The minimum absolute atomic E-state index is 0.395. The summed E-state index contributed by atoms with van der Waals surface area (Å²) in [6.07, 6.45) is 8.19. The van der Waals surface area contributed by atoms with Crippen LogP contribution in [-0.4, -0.2) is 43.8 Å². The molecule has 2 rings (SSSR count). The maximum Gasteiger partial charge on any atom is 0.0586 e. The summed E-state index contributed by atoms with van der Waals surface area (Å²) < 4.78 is 5.53. The molecule has 0 radical (unpaired) electrons. The second kappa shape index (κ2) is 5.68. The minimum Gasteiger partial charge on any atom is -0.381 e. The Morgan fingerprint density at radius 3 is 2.59 bits per heavy atom. The van der Waals surface area contributed by atoms with Gasteiger partial charge in [0.25, 0.3) is 0 Å². The van der Waals surface area contributed by atoms with Gasteiger partial charge in [-0.15, -0.1) is 0 Å². The van der Waals surface area contributed by atoms with Crippen LogP contribution >= 0.6 is 0 Å². The summed E-state index contributed by atoms with van der Waals surface area (Å²) in [6.45, 7) is 5.64. The lowest BCUT2D eigenvalue weighted by atomic mass is 9.79. The van der Waals surface area contributed by atoms with Crippen molar-refractivity contribution in [3.8, 4) is 0 Å². The van der Waals surface area contributed by atoms with Gasteiger partial charge in [-0.25, -0.2) is 0 Å². The summed E-state index contributed by atoms with van der Waals surface area (Å²) in [7, 11) is 1.86. The van der Waals surface area contributed by atoms with Crippen molar-refractivity contribution < 1.29 is 4.74 Å². The molecule has 0 aromatic rings. The van der Waals surface area contributed by atoms with Gasteiger partial charge in [0, 0.05) is 13.2 Å². The zero-order valence-electron chi connectivity index (χ0n) is 11.5. The van der Waals surface area contributed by atoms with Crippen LogP contribution in [0.25, 0.3) is 0 Å². The van der Waals surface area contributed by atoms with Crippen molar-refractivity contribution in [2.24, 2.45) is 11.1 Å². The molecule has 2 N–H and O–H groups in total. The Kier molecular flexibility index (Phi) is 4.45. The smallest absolute Gasteiger partial charge is 0.0586 e. The first kappa shape index (κ1) is 13.3. The predicted molar refractivity (Wildman–Crippen MR) is 71.0 cm³/mol. The molecule has 3 heteroatoms. The molecule has 1 saturated heterocycles. The Balaban J connectivity index is 1.84. The first-order chi connectivity index (χ1) is 8.17. The highest BCUT2D eigenvalue weighted by Crippen LogP contribution is 2.33. The average Bonchev–Trinajstić information content (AvgIpc) is 2.40. The molecule has 3 nitrogen and oxygen atoms in total. The van der Waals surface area contributed by atoms with Gasteiger partial charge in [-0.1, -0.05) is 6.92 Å². The summed E-state index contributed by atoms with van der Waals surface area (Å²) in [5.41, 5.74) is 6.26. The van der Waals surface area contributed by atoms with E-state index < -0.39 is 0 Å². The molecule has 1 aliphatic carbocycles. The Bertz CT molecular complexity index is 236. The zero-order chi connectivity index (χ0) is 12.3. The Hall–Kier alpha value is -0.120. The van der Waals surface area contributed by atoms with Crippen molar-refractivity contribution in [1.29, 1.82) is 0 Å². The van der Waals surface area contributed by atoms with E-state index in [0.717, 1.165) is 12.6 Å². The van der Waals surface area contributed by atoms with Gasteiger partial charge >= 0.3 is 0 Å². The third kappa shape index (κ3) is 3.21.